The highest BCUT2D eigenvalue weighted by atomic mass is 19.4. The Morgan fingerprint density at radius 1 is 1.02 bits per heavy atom. The maximum atomic E-state index is 13.4. The van der Waals surface area contributed by atoms with Gasteiger partial charge in [0.1, 0.15) is 11.2 Å². The molecular formula is C32H46F3N5O6. The molecule has 1 aromatic rings. The number of aromatic nitrogens is 1. The van der Waals surface area contributed by atoms with Gasteiger partial charge in [0.2, 0.25) is 0 Å². The van der Waals surface area contributed by atoms with Crippen LogP contribution in [0.15, 0.2) is 4.52 Å². The molecule has 4 aliphatic heterocycles. The number of methoxy groups -OCH3 is 1. The van der Waals surface area contributed by atoms with Crippen molar-refractivity contribution in [3.8, 4) is 0 Å². The van der Waals surface area contributed by atoms with Crippen LogP contribution in [0.4, 0.5) is 22.8 Å². The molecule has 11 nitrogen and oxygen atoms in total. The predicted molar refractivity (Wildman–Crippen MR) is 159 cm³/mol. The molecule has 6 rings (SSSR count). The van der Waals surface area contributed by atoms with E-state index in [1.54, 1.807) is 4.90 Å². The molecule has 0 unspecified atom stereocenters. The number of amides is 3. The lowest BCUT2D eigenvalue weighted by Gasteiger charge is -2.55. The van der Waals surface area contributed by atoms with Crippen molar-refractivity contribution in [2.75, 3.05) is 59.5 Å². The summed E-state index contributed by atoms with van der Waals surface area (Å²) in [5.74, 6) is -0.585. The number of hydrogen-bond acceptors (Lipinski definition) is 8. The summed E-state index contributed by atoms with van der Waals surface area (Å²) in [7, 11) is 1.40. The van der Waals surface area contributed by atoms with Gasteiger partial charge in [-0.15, -0.1) is 0 Å². The molecule has 0 N–H and O–H groups in total. The third-order valence-electron chi connectivity index (χ3n) is 11.7. The highest BCUT2D eigenvalue weighted by molar-refractivity contribution is 5.96. The van der Waals surface area contributed by atoms with Crippen LogP contribution < -0.4 is 0 Å². The number of carbonyl (C=O) groups is 3. The van der Waals surface area contributed by atoms with Gasteiger partial charge in [0.05, 0.1) is 12.8 Å². The van der Waals surface area contributed by atoms with Gasteiger partial charge in [-0.25, -0.2) is 9.59 Å². The summed E-state index contributed by atoms with van der Waals surface area (Å²) in [6.07, 6.45) is 0.518. The van der Waals surface area contributed by atoms with Crippen LogP contribution in [0.25, 0.3) is 0 Å². The fraction of sp³-hybridized carbons (Fsp3) is 0.812. The zero-order valence-electron chi connectivity index (χ0n) is 27.2. The number of ether oxygens (including phenoxy) is 2. The third kappa shape index (κ3) is 5.94. The Balaban J connectivity index is 1.05. The predicted octanol–water partition coefficient (Wildman–Crippen LogP) is 5.03. The number of nitrogens with zero attached hydrogens (tertiary/aromatic N) is 5. The van der Waals surface area contributed by atoms with E-state index in [0.29, 0.717) is 69.9 Å². The van der Waals surface area contributed by atoms with E-state index in [0.717, 1.165) is 45.2 Å². The van der Waals surface area contributed by atoms with Crippen molar-refractivity contribution >= 4 is 18.1 Å². The second-order valence-corrected chi connectivity index (χ2v) is 14.3. The number of piperidine rings is 3. The number of carbonyl (C=O) groups excluding carboxylic acids is 3. The number of fused-ring (bicyclic) bond motifs is 1. The van der Waals surface area contributed by atoms with Gasteiger partial charge in [-0.1, -0.05) is 24.9 Å². The summed E-state index contributed by atoms with van der Waals surface area (Å²) < 4.78 is 56.1. The number of alkyl halides is 3. The number of aryl methyl sites for hydroxylation is 1. The lowest BCUT2D eigenvalue weighted by molar-refractivity contribution is -0.156. The number of hydrogen-bond donors (Lipinski definition) is 0. The molecule has 5 heterocycles. The summed E-state index contributed by atoms with van der Waals surface area (Å²) in [6.45, 7) is 10.6. The number of unbranched alkanes of at least 4 members (excludes halogenated alkanes) is 1. The van der Waals surface area contributed by atoms with Gasteiger partial charge < -0.3 is 28.7 Å². The van der Waals surface area contributed by atoms with Crippen LogP contribution in [0.3, 0.4) is 0 Å². The van der Waals surface area contributed by atoms with Gasteiger partial charge in [0, 0.05) is 76.7 Å². The molecule has 1 saturated carbocycles. The maximum absolute atomic E-state index is 13.4. The minimum absolute atomic E-state index is 0.0598. The standard InChI is InChI=1S/C32H46F3N5O6/c1-5-6-7-21-16-38(17-22-23-18-39(19-24(22)23)28(42)44-4)29(43)45-31(21)10-14-40(15-11-31)30(3)8-12-37(13-9-30)27(41)25-20(2)36-46-26(25)32(33,34)35/h21-24H,5-19H2,1-4H3/t21-,22-,23-,24+/m0/s1. The third-order valence-corrected chi connectivity index (χ3v) is 11.7. The van der Waals surface area contributed by atoms with Crippen molar-refractivity contribution in [2.45, 2.75) is 83.0 Å². The monoisotopic (exact) mass is 653 g/mol. The van der Waals surface area contributed by atoms with Crippen LogP contribution in [0.1, 0.15) is 80.6 Å². The van der Waals surface area contributed by atoms with E-state index < -0.39 is 29.0 Å². The van der Waals surface area contributed by atoms with Gasteiger partial charge in [0.25, 0.3) is 11.7 Å². The maximum Gasteiger partial charge on any atom is 0.453 e. The Labute approximate surface area is 267 Å². The quantitative estimate of drug-likeness (QED) is 0.403. The van der Waals surface area contributed by atoms with E-state index in [9.17, 15) is 27.6 Å². The molecule has 0 aromatic carbocycles. The number of halogens is 3. The fourth-order valence-corrected chi connectivity index (χ4v) is 8.65. The van der Waals surface area contributed by atoms with Crippen molar-refractivity contribution in [2.24, 2.45) is 23.7 Å². The van der Waals surface area contributed by atoms with Crippen molar-refractivity contribution < 1.29 is 41.6 Å². The zero-order valence-corrected chi connectivity index (χ0v) is 27.2. The lowest BCUT2D eigenvalue weighted by atomic mass is 9.74. The fourth-order valence-electron chi connectivity index (χ4n) is 8.65. The zero-order chi connectivity index (χ0) is 33.0. The molecule has 5 aliphatic rings. The molecule has 46 heavy (non-hydrogen) atoms. The first-order valence-electron chi connectivity index (χ1n) is 16.7. The largest absolute Gasteiger partial charge is 0.453 e. The summed E-state index contributed by atoms with van der Waals surface area (Å²) in [5, 5.41) is 3.41. The summed E-state index contributed by atoms with van der Waals surface area (Å²) >= 11 is 0. The van der Waals surface area contributed by atoms with Crippen molar-refractivity contribution in [3.05, 3.63) is 17.0 Å². The van der Waals surface area contributed by atoms with Crippen LogP contribution in [0.5, 0.6) is 0 Å². The van der Waals surface area contributed by atoms with E-state index in [1.165, 1.54) is 18.9 Å². The van der Waals surface area contributed by atoms with Crippen LogP contribution in [-0.2, 0) is 15.7 Å². The molecule has 3 amide bonds. The molecule has 4 atom stereocenters. The Morgan fingerprint density at radius 3 is 2.26 bits per heavy atom. The van der Waals surface area contributed by atoms with Crippen LogP contribution in [-0.4, -0.2) is 113 Å². The minimum Gasteiger partial charge on any atom is -0.453 e. The smallest absolute Gasteiger partial charge is 0.453 e. The molecule has 4 saturated heterocycles. The normalized spacial score (nSPS) is 29.1. The van der Waals surface area contributed by atoms with Gasteiger partial charge in [-0.05, 0) is 50.9 Å². The molecule has 256 valence electrons. The van der Waals surface area contributed by atoms with E-state index in [4.69, 9.17) is 9.47 Å². The van der Waals surface area contributed by atoms with Crippen LogP contribution >= 0.6 is 0 Å². The van der Waals surface area contributed by atoms with Gasteiger partial charge in [0.15, 0.2) is 0 Å². The molecule has 1 aliphatic carbocycles. The van der Waals surface area contributed by atoms with E-state index >= 15 is 0 Å². The molecule has 1 spiro atoms. The highest BCUT2D eigenvalue weighted by Crippen LogP contribution is 2.53. The Hall–Kier alpha value is -3.03. The molecule has 0 bridgehead atoms. The minimum atomic E-state index is -4.79. The first-order chi connectivity index (χ1) is 21.8. The topological polar surface area (TPSA) is 109 Å². The summed E-state index contributed by atoms with van der Waals surface area (Å²) in [6, 6.07) is 0. The van der Waals surface area contributed by atoms with Crippen molar-refractivity contribution in [3.63, 3.8) is 0 Å². The molecule has 14 heteroatoms. The number of rotatable bonds is 7. The Morgan fingerprint density at radius 2 is 1.67 bits per heavy atom. The van der Waals surface area contributed by atoms with Gasteiger partial charge >= 0.3 is 18.4 Å². The van der Waals surface area contributed by atoms with Crippen LogP contribution in [0.2, 0.25) is 0 Å². The van der Waals surface area contributed by atoms with E-state index in [1.807, 2.05) is 4.90 Å². The Bertz CT molecular complexity index is 1310. The van der Waals surface area contributed by atoms with Crippen molar-refractivity contribution in [1.29, 1.82) is 0 Å². The summed E-state index contributed by atoms with van der Waals surface area (Å²) in [5.41, 5.74) is -1.29. The van der Waals surface area contributed by atoms with Crippen molar-refractivity contribution in [1.82, 2.24) is 24.8 Å². The lowest BCUT2D eigenvalue weighted by Crippen LogP contribution is -2.63. The van der Waals surface area contributed by atoms with Gasteiger partial charge in [-0.3, -0.25) is 9.69 Å². The molecule has 1 aromatic heterocycles. The first-order valence-corrected chi connectivity index (χ1v) is 16.7. The first kappa shape index (κ1) is 32.9. The van der Waals surface area contributed by atoms with E-state index in [2.05, 4.69) is 28.4 Å². The second kappa shape index (κ2) is 12.2. The average molecular weight is 654 g/mol. The molecule has 5 fully saturated rings. The highest BCUT2D eigenvalue weighted by Gasteiger charge is 2.59. The Kier molecular flexibility index (Phi) is 8.73. The average Bonchev–Trinajstić information content (AvgIpc) is 3.32. The van der Waals surface area contributed by atoms with Gasteiger partial charge in [-0.2, -0.15) is 13.2 Å². The summed E-state index contributed by atoms with van der Waals surface area (Å²) in [4.78, 5) is 46.0. The second-order valence-electron chi connectivity index (χ2n) is 14.3. The molecular weight excluding hydrogens is 607 g/mol. The van der Waals surface area contributed by atoms with Crippen LogP contribution in [0, 0.1) is 30.6 Å². The number of likely N-dealkylation sites (tertiary alicyclic amines) is 3. The molecule has 0 radical (unpaired) electrons. The SMILES string of the molecule is CCCC[C@H]1CN(C[C@H]2[C@@H]3CN(C(=O)OC)C[C@@H]32)C(=O)OC12CCN(C1(C)CCN(C(=O)c3c(C)noc3C(F)(F)F)CC1)CC2. The van der Waals surface area contributed by atoms with E-state index in [-0.39, 0.29) is 29.3 Å².